The van der Waals surface area contributed by atoms with Crippen LogP contribution in [0.4, 0.5) is 5.69 Å². The highest BCUT2D eigenvalue weighted by atomic mass is 32.2. The van der Waals surface area contributed by atoms with Crippen molar-refractivity contribution in [1.29, 1.82) is 0 Å². The van der Waals surface area contributed by atoms with Gasteiger partial charge < -0.3 is 25.3 Å². The molecule has 0 fully saturated rings. The first-order valence-corrected chi connectivity index (χ1v) is 11.1. The highest BCUT2D eigenvalue weighted by molar-refractivity contribution is 7.99. The van der Waals surface area contributed by atoms with Crippen LogP contribution < -0.4 is 25.3 Å². The number of allylic oxidation sites excluding steroid dienone is 1. The third kappa shape index (κ3) is 5.31. The molecule has 11 heteroatoms. The van der Waals surface area contributed by atoms with Crippen LogP contribution in [-0.2, 0) is 11.3 Å². The second kappa shape index (κ2) is 11.2. The highest BCUT2D eigenvalue weighted by Crippen LogP contribution is 2.41. The summed E-state index contributed by atoms with van der Waals surface area (Å²) in [7, 11) is 4.60. The predicted octanol–water partition coefficient (Wildman–Crippen LogP) is 2.99. The molecule has 1 aromatic heterocycles. The summed E-state index contributed by atoms with van der Waals surface area (Å²) in [6, 6.07) is 10.1. The van der Waals surface area contributed by atoms with Crippen LogP contribution in [0, 0.1) is 0 Å². The lowest BCUT2D eigenvalue weighted by Crippen LogP contribution is -2.19. The van der Waals surface area contributed by atoms with E-state index in [1.54, 1.807) is 42.5 Å². The number of thioether (sulfide) groups is 1. The average molecular weight is 484 g/mol. The summed E-state index contributed by atoms with van der Waals surface area (Å²) in [5, 5.41) is 11.8. The van der Waals surface area contributed by atoms with Gasteiger partial charge in [0, 0.05) is 12.1 Å². The van der Waals surface area contributed by atoms with Gasteiger partial charge in [0.25, 0.3) is 5.91 Å². The molecule has 0 aliphatic rings. The summed E-state index contributed by atoms with van der Waals surface area (Å²) in [6.45, 7) is 4.22. The lowest BCUT2D eigenvalue weighted by molar-refractivity contribution is -0.113. The highest BCUT2D eigenvalue weighted by Gasteiger charge is 2.20. The minimum Gasteiger partial charge on any atom is -0.493 e. The van der Waals surface area contributed by atoms with Crippen molar-refractivity contribution in [2.24, 2.45) is 5.73 Å². The molecule has 0 saturated heterocycles. The first kappa shape index (κ1) is 24.6. The lowest BCUT2D eigenvalue weighted by atomic mass is 10.1. The van der Waals surface area contributed by atoms with Crippen molar-refractivity contribution in [1.82, 2.24) is 14.8 Å². The Bertz CT molecular complexity index is 1190. The largest absolute Gasteiger partial charge is 0.493 e. The Hall–Kier alpha value is -3.99. The summed E-state index contributed by atoms with van der Waals surface area (Å²) in [5.41, 5.74) is 6.65. The van der Waals surface area contributed by atoms with Crippen LogP contribution in [-0.4, -0.2) is 53.7 Å². The number of para-hydroxylation sites is 1. The maximum absolute atomic E-state index is 12.5. The summed E-state index contributed by atoms with van der Waals surface area (Å²) in [4.78, 5) is 24.1. The van der Waals surface area contributed by atoms with Crippen LogP contribution in [0.3, 0.4) is 0 Å². The number of carbonyl (C=O) groups excluding carboxylic acids is 2. The molecule has 0 aliphatic carbocycles. The first-order chi connectivity index (χ1) is 16.4. The Morgan fingerprint density at radius 2 is 1.79 bits per heavy atom. The van der Waals surface area contributed by atoms with Gasteiger partial charge in [-0.2, -0.15) is 0 Å². The maximum Gasteiger partial charge on any atom is 0.250 e. The molecule has 3 rings (SSSR count). The van der Waals surface area contributed by atoms with E-state index in [0.717, 1.165) is 0 Å². The zero-order valence-corrected chi connectivity index (χ0v) is 19.8. The van der Waals surface area contributed by atoms with Crippen molar-refractivity contribution < 1.29 is 23.8 Å². The van der Waals surface area contributed by atoms with Crippen LogP contribution in [0.25, 0.3) is 11.4 Å². The van der Waals surface area contributed by atoms with Gasteiger partial charge in [-0.05, 0) is 24.3 Å². The van der Waals surface area contributed by atoms with Crippen LogP contribution >= 0.6 is 11.8 Å². The van der Waals surface area contributed by atoms with Crippen LogP contribution in [0.2, 0.25) is 0 Å². The van der Waals surface area contributed by atoms with Crippen molar-refractivity contribution in [2.75, 3.05) is 32.4 Å². The fourth-order valence-electron chi connectivity index (χ4n) is 3.24. The molecule has 2 aromatic carbocycles. The van der Waals surface area contributed by atoms with Crippen LogP contribution in [0.5, 0.6) is 17.2 Å². The number of anilines is 1. The molecule has 0 spiro atoms. The minimum atomic E-state index is -0.621. The SMILES string of the molecule is C=CCn1c(SCC(=O)Nc2ccccc2C(N)=O)nnc1-c1cc(OC)c(OC)c(OC)c1. The van der Waals surface area contributed by atoms with Crippen molar-refractivity contribution in [3.05, 3.63) is 54.6 Å². The minimum absolute atomic E-state index is 0.0393. The standard InChI is InChI=1S/C23H25N5O5S/c1-5-10-28-22(14-11-17(31-2)20(33-4)18(12-14)32-3)26-27-23(28)34-13-19(29)25-16-9-7-6-8-15(16)21(24)30/h5-9,11-12H,1,10,13H2,2-4H3,(H2,24,30)(H,25,29). The fraction of sp³-hybridized carbons (Fsp3) is 0.217. The van der Waals surface area contributed by atoms with E-state index in [2.05, 4.69) is 22.1 Å². The molecule has 0 atom stereocenters. The Labute approximate surface area is 201 Å². The van der Waals surface area contributed by atoms with Gasteiger partial charge in [-0.3, -0.25) is 14.2 Å². The maximum atomic E-state index is 12.5. The number of rotatable bonds is 11. The van der Waals surface area contributed by atoms with Gasteiger partial charge in [0.2, 0.25) is 11.7 Å². The molecule has 2 amide bonds. The smallest absolute Gasteiger partial charge is 0.250 e. The fourth-order valence-corrected chi connectivity index (χ4v) is 3.98. The molecule has 0 unspecified atom stereocenters. The van der Waals surface area contributed by atoms with E-state index >= 15 is 0 Å². The van der Waals surface area contributed by atoms with Gasteiger partial charge in [-0.1, -0.05) is 30.0 Å². The monoisotopic (exact) mass is 483 g/mol. The van der Waals surface area contributed by atoms with Crippen LogP contribution in [0.1, 0.15) is 10.4 Å². The average Bonchev–Trinajstić information content (AvgIpc) is 3.24. The van der Waals surface area contributed by atoms with Gasteiger partial charge >= 0.3 is 0 Å². The van der Waals surface area contributed by atoms with Crippen molar-refractivity contribution in [3.8, 4) is 28.6 Å². The number of ether oxygens (including phenoxy) is 3. The molecule has 0 bridgehead atoms. The summed E-state index contributed by atoms with van der Waals surface area (Å²) >= 11 is 1.20. The number of hydrogen-bond acceptors (Lipinski definition) is 8. The molecule has 0 radical (unpaired) electrons. The summed E-state index contributed by atoms with van der Waals surface area (Å²) in [5.74, 6) is 1.06. The van der Waals surface area contributed by atoms with Crippen LogP contribution in [0.15, 0.2) is 54.2 Å². The Morgan fingerprint density at radius 3 is 2.38 bits per heavy atom. The molecule has 1 heterocycles. The number of nitrogens with two attached hydrogens (primary N) is 1. The van der Waals surface area contributed by atoms with E-state index in [1.807, 2.05) is 4.57 Å². The molecule has 178 valence electrons. The Balaban J connectivity index is 1.84. The topological polar surface area (TPSA) is 131 Å². The van der Waals surface area contributed by atoms with E-state index < -0.39 is 5.91 Å². The number of methoxy groups -OCH3 is 3. The number of carbonyl (C=O) groups is 2. The molecule has 3 N–H and O–H groups in total. The van der Waals surface area contributed by atoms with Gasteiger partial charge in [-0.15, -0.1) is 16.8 Å². The third-order valence-electron chi connectivity index (χ3n) is 4.75. The third-order valence-corrected chi connectivity index (χ3v) is 5.72. The lowest BCUT2D eigenvalue weighted by Gasteiger charge is -2.14. The molecular weight excluding hydrogens is 458 g/mol. The number of aromatic nitrogens is 3. The predicted molar refractivity (Wildman–Crippen MR) is 130 cm³/mol. The van der Waals surface area contributed by atoms with Gasteiger partial charge in [0.05, 0.1) is 38.3 Å². The summed E-state index contributed by atoms with van der Waals surface area (Å²) in [6.07, 6.45) is 1.71. The van der Waals surface area contributed by atoms with Gasteiger partial charge in [-0.25, -0.2) is 0 Å². The molecule has 3 aromatic rings. The second-order valence-corrected chi connectivity index (χ2v) is 7.81. The van der Waals surface area contributed by atoms with Crippen molar-refractivity contribution in [2.45, 2.75) is 11.7 Å². The first-order valence-electron chi connectivity index (χ1n) is 10.1. The number of amides is 2. The number of primary amides is 1. The molecule has 34 heavy (non-hydrogen) atoms. The van der Waals surface area contributed by atoms with E-state index in [4.69, 9.17) is 19.9 Å². The van der Waals surface area contributed by atoms with Gasteiger partial charge in [0.15, 0.2) is 22.5 Å². The molecular formula is C23H25N5O5S. The zero-order valence-electron chi connectivity index (χ0n) is 19.0. The van der Waals surface area contributed by atoms with E-state index in [0.29, 0.717) is 46.0 Å². The van der Waals surface area contributed by atoms with E-state index in [-0.39, 0.29) is 17.2 Å². The number of hydrogen-bond donors (Lipinski definition) is 2. The molecule has 0 aliphatic heterocycles. The number of benzene rings is 2. The van der Waals surface area contributed by atoms with Crippen molar-refractivity contribution in [3.63, 3.8) is 0 Å². The summed E-state index contributed by atoms with van der Waals surface area (Å²) < 4.78 is 18.1. The Kier molecular flexibility index (Phi) is 8.14. The molecule has 0 saturated carbocycles. The van der Waals surface area contributed by atoms with Gasteiger partial charge in [0.1, 0.15) is 0 Å². The van der Waals surface area contributed by atoms with E-state index in [1.165, 1.54) is 33.1 Å². The zero-order chi connectivity index (χ0) is 24.7. The quantitative estimate of drug-likeness (QED) is 0.314. The normalized spacial score (nSPS) is 10.4. The van der Waals surface area contributed by atoms with Crippen molar-refractivity contribution >= 4 is 29.3 Å². The van der Waals surface area contributed by atoms with E-state index in [9.17, 15) is 9.59 Å². The second-order valence-electron chi connectivity index (χ2n) is 6.87. The Morgan fingerprint density at radius 1 is 1.12 bits per heavy atom. The molecule has 10 nitrogen and oxygen atoms in total. The number of nitrogens with zero attached hydrogens (tertiary/aromatic N) is 3. The number of nitrogens with one attached hydrogen (secondary N) is 1.